The molecule has 0 saturated carbocycles. The maximum atomic E-state index is 9.05. The monoisotopic (exact) mass is 130 g/mol. The quantitative estimate of drug-likeness (QED) is 0.506. The van der Waals surface area contributed by atoms with Gasteiger partial charge in [-0.25, -0.2) is 4.58 Å². The molecule has 0 atom stereocenters. The fourth-order valence-corrected chi connectivity index (χ4v) is 1.08. The Hall–Kier alpha value is -0.570. The van der Waals surface area contributed by atoms with Crippen molar-refractivity contribution in [1.29, 1.82) is 0 Å². The van der Waals surface area contributed by atoms with Crippen LogP contribution in [0.2, 0.25) is 0 Å². The van der Waals surface area contributed by atoms with Crippen molar-refractivity contribution in [2.24, 2.45) is 0 Å². The third-order valence-electron chi connectivity index (χ3n) is 1.56. The Labute approximate surface area is 54.3 Å². The highest BCUT2D eigenvalue weighted by molar-refractivity contribution is 5.69. The Balaban J connectivity index is 2.45. The van der Waals surface area contributed by atoms with Gasteiger partial charge in [-0.3, -0.25) is 0 Å². The van der Waals surface area contributed by atoms with Gasteiger partial charge in [-0.05, 0) is 0 Å². The molecule has 0 aromatic rings. The summed E-state index contributed by atoms with van der Waals surface area (Å²) in [7, 11) is 0. The normalized spacial score (nSPS) is 19.2. The molecule has 52 valence electrons. The van der Waals surface area contributed by atoms with Crippen LogP contribution in [0.4, 0.5) is 0 Å². The van der Waals surface area contributed by atoms with Gasteiger partial charge < -0.3 is 10.2 Å². The summed E-state index contributed by atoms with van der Waals surface area (Å²) < 4.78 is 1.81. The van der Waals surface area contributed by atoms with Crippen molar-refractivity contribution in [1.82, 2.24) is 0 Å². The molecule has 0 bridgehead atoms. The van der Waals surface area contributed by atoms with Crippen LogP contribution in [0.1, 0.15) is 12.8 Å². The Morgan fingerprint density at radius 3 is 2.78 bits per heavy atom. The SMILES string of the molecule is OCC[N+]1=C(O)CCC1. The second-order valence-electron chi connectivity index (χ2n) is 2.23. The second-order valence-corrected chi connectivity index (χ2v) is 2.23. The highest BCUT2D eigenvalue weighted by Crippen LogP contribution is 2.00. The Bertz CT molecular complexity index is 131. The number of aliphatic hydroxyl groups excluding tert-OH is 2. The lowest BCUT2D eigenvalue weighted by atomic mass is 10.4. The fraction of sp³-hybridized carbons (Fsp3) is 0.833. The predicted octanol–water partition coefficient (Wildman–Crippen LogP) is -0.259. The Morgan fingerprint density at radius 2 is 2.33 bits per heavy atom. The van der Waals surface area contributed by atoms with E-state index >= 15 is 0 Å². The molecule has 3 nitrogen and oxygen atoms in total. The highest BCUT2D eigenvalue weighted by atomic mass is 16.3. The van der Waals surface area contributed by atoms with Gasteiger partial charge in [0.25, 0.3) is 0 Å². The number of hydrogen-bond donors (Lipinski definition) is 2. The van der Waals surface area contributed by atoms with Crippen molar-refractivity contribution in [3.63, 3.8) is 0 Å². The molecule has 0 aromatic heterocycles. The van der Waals surface area contributed by atoms with Crippen molar-refractivity contribution in [2.45, 2.75) is 12.8 Å². The standard InChI is InChI=1S/C6H11NO2/c8-5-4-7-3-1-2-6(7)9/h8H,1-5H2/p+1. The maximum absolute atomic E-state index is 9.05. The lowest BCUT2D eigenvalue weighted by Gasteiger charge is -1.92. The van der Waals surface area contributed by atoms with Gasteiger partial charge in [0.15, 0.2) is 6.54 Å². The molecule has 1 rings (SSSR count). The molecule has 0 radical (unpaired) electrons. The molecule has 0 saturated heterocycles. The van der Waals surface area contributed by atoms with Gasteiger partial charge in [0.2, 0.25) is 0 Å². The predicted molar refractivity (Wildman–Crippen MR) is 33.9 cm³/mol. The van der Waals surface area contributed by atoms with E-state index in [9.17, 15) is 0 Å². The minimum atomic E-state index is 0.129. The van der Waals surface area contributed by atoms with E-state index in [2.05, 4.69) is 0 Å². The average Bonchev–Trinajstić information content (AvgIpc) is 2.18. The largest absolute Gasteiger partial charge is 0.464 e. The number of hydrogen-bond acceptors (Lipinski definition) is 1. The van der Waals surface area contributed by atoms with E-state index in [1.165, 1.54) is 0 Å². The Kier molecular flexibility index (Phi) is 2.05. The molecule has 0 unspecified atom stereocenters. The van der Waals surface area contributed by atoms with Crippen molar-refractivity contribution >= 4 is 5.90 Å². The van der Waals surface area contributed by atoms with Gasteiger partial charge in [-0.15, -0.1) is 0 Å². The first kappa shape index (κ1) is 6.55. The van der Waals surface area contributed by atoms with Gasteiger partial charge in [0.05, 0.1) is 6.42 Å². The zero-order chi connectivity index (χ0) is 6.69. The summed E-state index contributed by atoms with van der Waals surface area (Å²) in [6.45, 7) is 1.60. The van der Waals surface area contributed by atoms with Crippen LogP contribution >= 0.6 is 0 Å². The molecule has 0 aromatic carbocycles. The van der Waals surface area contributed by atoms with Crippen LogP contribution in [0.25, 0.3) is 0 Å². The van der Waals surface area contributed by atoms with Crippen molar-refractivity contribution in [2.75, 3.05) is 19.7 Å². The molecule has 1 aliphatic rings. The Morgan fingerprint density at radius 1 is 1.56 bits per heavy atom. The first-order chi connectivity index (χ1) is 4.34. The van der Waals surface area contributed by atoms with Crippen LogP contribution in [0, 0.1) is 0 Å². The smallest absolute Gasteiger partial charge is 0.334 e. The summed E-state index contributed by atoms with van der Waals surface area (Å²) in [5.74, 6) is 0.434. The molecular weight excluding hydrogens is 118 g/mol. The van der Waals surface area contributed by atoms with Crippen LogP contribution in [0.3, 0.4) is 0 Å². The van der Waals surface area contributed by atoms with Crippen LogP contribution in [0.15, 0.2) is 0 Å². The minimum Gasteiger partial charge on any atom is -0.464 e. The molecule has 0 spiro atoms. The number of nitrogens with zero attached hydrogens (tertiary/aromatic N) is 1. The van der Waals surface area contributed by atoms with Crippen LogP contribution < -0.4 is 0 Å². The molecule has 1 heterocycles. The van der Waals surface area contributed by atoms with E-state index in [1.54, 1.807) is 4.58 Å². The fourth-order valence-electron chi connectivity index (χ4n) is 1.08. The van der Waals surface area contributed by atoms with Gasteiger partial charge in [-0.1, -0.05) is 0 Å². The minimum absolute atomic E-state index is 0.129. The van der Waals surface area contributed by atoms with E-state index in [0.717, 1.165) is 19.4 Å². The molecular formula is C6H12NO2+. The van der Waals surface area contributed by atoms with Gasteiger partial charge in [0, 0.05) is 6.42 Å². The first-order valence-electron chi connectivity index (χ1n) is 3.25. The van der Waals surface area contributed by atoms with Gasteiger partial charge >= 0.3 is 5.90 Å². The molecule has 9 heavy (non-hydrogen) atoms. The summed E-state index contributed by atoms with van der Waals surface area (Å²) >= 11 is 0. The summed E-state index contributed by atoms with van der Waals surface area (Å²) in [4.78, 5) is 0. The lowest BCUT2D eigenvalue weighted by molar-refractivity contribution is -0.529. The van der Waals surface area contributed by atoms with E-state index in [0.29, 0.717) is 12.4 Å². The van der Waals surface area contributed by atoms with Crippen LogP contribution in [0.5, 0.6) is 0 Å². The number of β-amino-alcohol motifs (C(OH)–C–C–N with tert-alkyl or cyclic N) is 1. The van der Waals surface area contributed by atoms with E-state index in [4.69, 9.17) is 10.2 Å². The van der Waals surface area contributed by atoms with Gasteiger partial charge in [-0.2, -0.15) is 0 Å². The van der Waals surface area contributed by atoms with E-state index in [1.807, 2.05) is 0 Å². The number of aliphatic hydroxyl groups is 2. The molecule has 0 aliphatic carbocycles. The summed E-state index contributed by atoms with van der Waals surface area (Å²) in [5.41, 5.74) is 0. The number of rotatable bonds is 2. The average molecular weight is 130 g/mol. The first-order valence-corrected chi connectivity index (χ1v) is 3.25. The third kappa shape index (κ3) is 1.42. The van der Waals surface area contributed by atoms with E-state index in [-0.39, 0.29) is 6.61 Å². The summed E-state index contributed by atoms with van der Waals surface area (Å²) in [6.07, 6.45) is 1.80. The zero-order valence-corrected chi connectivity index (χ0v) is 5.38. The van der Waals surface area contributed by atoms with Crippen molar-refractivity contribution in [3.8, 4) is 0 Å². The molecule has 0 amide bonds. The van der Waals surface area contributed by atoms with E-state index < -0.39 is 0 Å². The van der Waals surface area contributed by atoms with Crippen LogP contribution in [-0.2, 0) is 0 Å². The van der Waals surface area contributed by atoms with Gasteiger partial charge in [0.1, 0.15) is 13.2 Å². The van der Waals surface area contributed by atoms with Crippen molar-refractivity contribution in [3.05, 3.63) is 0 Å². The molecule has 2 N–H and O–H groups in total. The topological polar surface area (TPSA) is 43.5 Å². The lowest BCUT2D eigenvalue weighted by Crippen LogP contribution is -2.18. The second kappa shape index (κ2) is 2.82. The molecule has 3 heteroatoms. The molecule has 1 aliphatic heterocycles. The highest BCUT2D eigenvalue weighted by Gasteiger charge is 2.19. The zero-order valence-electron chi connectivity index (χ0n) is 5.38. The maximum Gasteiger partial charge on any atom is 0.334 e. The third-order valence-corrected chi connectivity index (χ3v) is 1.56. The van der Waals surface area contributed by atoms with Crippen LogP contribution in [-0.4, -0.2) is 40.4 Å². The molecule has 0 fully saturated rings. The van der Waals surface area contributed by atoms with Crippen molar-refractivity contribution < 1.29 is 14.8 Å². The summed E-state index contributed by atoms with van der Waals surface area (Å²) in [6, 6.07) is 0. The summed E-state index contributed by atoms with van der Waals surface area (Å²) in [5, 5.41) is 17.5.